The Balaban J connectivity index is 2.10. The summed E-state index contributed by atoms with van der Waals surface area (Å²) in [6, 6.07) is 11.3. The summed E-state index contributed by atoms with van der Waals surface area (Å²) < 4.78 is 7.02. The first kappa shape index (κ1) is 14.2. The van der Waals surface area contributed by atoms with Crippen LogP contribution in [0.4, 0.5) is 5.69 Å². The molecule has 0 saturated carbocycles. The van der Waals surface area contributed by atoms with E-state index >= 15 is 0 Å². The van der Waals surface area contributed by atoms with Crippen molar-refractivity contribution in [3.8, 4) is 11.5 Å². The van der Waals surface area contributed by atoms with Crippen LogP contribution in [0.2, 0.25) is 0 Å². The molecule has 0 fully saturated rings. The molecule has 0 amide bonds. The van der Waals surface area contributed by atoms with E-state index in [0.29, 0.717) is 12.3 Å². The highest BCUT2D eigenvalue weighted by Crippen LogP contribution is 2.29. The molecule has 0 aliphatic carbocycles. The molecule has 5 heteroatoms. The van der Waals surface area contributed by atoms with E-state index in [4.69, 9.17) is 4.74 Å². The van der Waals surface area contributed by atoms with Crippen molar-refractivity contribution in [2.45, 2.75) is 6.54 Å². The summed E-state index contributed by atoms with van der Waals surface area (Å²) in [4.78, 5) is 0. The van der Waals surface area contributed by atoms with Crippen molar-refractivity contribution in [3.05, 3.63) is 50.9 Å². The Morgan fingerprint density at radius 1 is 1.16 bits per heavy atom. The molecule has 2 N–H and O–H groups in total. The third kappa shape index (κ3) is 3.64. The Morgan fingerprint density at radius 2 is 1.95 bits per heavy atom. The molecule has 19 heavy (non-hydrogen) atoms. The van der Waals surface area contributed by atoms with E-state index in [0.717, 1.165) is 20.2 Å². The molecular weight excluding hydrogens is 374 g/mol. The van der Waals surface area contributed by atoms with E-state index in [2.05, 4.69) is 37.2 Å². The third-order valence-corrected chi connectivity index (χ3v) is 3.84. The van der Waals surface area contributed by atoms with Gasteiger partial charge in [-0.05, 0) is 51.8 Å². The molecule has 100 valence electrons. The lowest BCUT2D eigenvalue weighted by molar-refractivity contribution is 0.373. The minimum atomic E-state index is 0.148. The third-order valence-electron chi connectivity index (χ3n) is 2.65. The van der Waals surface area contributed by atoms with Gasteiger partial charge in [-0.1, -0.05) is 22.0 Å². The van der Waals surface area contributed by atoms with Gasteiger partial charge in [-0.3, -0.25) is 0 Å². The maximum atomic E-state index is 9.72. The van der Waals surface area contributed by atoms with Gasteiger partial charge in [0, 0.05) is 21.2 Å². The average Bonchev–Trinajstić information content (AvgIpc) is 2.40. The molecule has 0 spiro atoms. The van der Waals surface area contributed by atoms with Gasteiger partial charge in [0.2, 0.25) is 0 Å². The Labute approximate surface area is 128 Å². The second-order valence-corrected chi connectivity index (χ2v) is 5.75. The average molecular weight is 387 g/mol. The topological polar surface area (TPSA) is 41.5 Å². The first-order valence-corrected chi connectivity index (χ1v) is 7.23. The highest BCUT2D eigenvalue weighted by molar-refractivity contribution is 9.11. The lowest BCUT2D eigenvalue weighted by Crippen LogP contribution is -2.00. The van der Waals surface area contributed by atoms with E-state index in [9.17, 15) is 5.11 Å². The summed E-state index contributed by atoms with van der Waals surface area (Å²) in [7, 11) is 1.53. The fraction of sp³-hybridized carbons (Fsp3) is 0.143. The van der Waals surface area contributed by atoms with Crippen molar-refractivity contribution in [1.29, 1.82) is 0 Å². The number of halogens is 2. The Hall–Kier alpha value is -1.20. The van der Waals surface area contributed by atoms with Crippen molar-refractivity contribution in [2.75, 3.05) is 12.4 Å². The number of hydrogen-bond donors (Lipinski definition) is 2. The zero-order valence-electron chi connectivity index (χ0n) is 10.3. The van der Waals surface area contributed by atoms with Crippen LogP contribution in [0, 0.1) is 0 Å². The highest BCUT2D eigenvalue weighted by Gasteiger charge is 2.04. The maximum absolute atomic E-state index is 9.72. The number of phenols is 1. The molecule has 0 atom stereocenters. The predicted octanol–water partition coefficient (Wildman–Crippen LogP) is 4.54. The second kappa shape index (κ2) is 6.30. The Morgan fingerprint density at radius 3 is 2.63 bits per heavy atom. The van der Waals surface area contributed by atoms with Crippen molar-refractivity contribution in [2.24, 2.45) is 0 Å². The van der Waals surface area contributed by atoms with Crippen molar-refractivity contribution >= 4 is 37.5 Å². The van der Waals surface area contributed by atoms with Gasteiger partial charge in [0.05, 0.1) is 7.11 Å². The largest absolute Gasteiger partial charge is 0.504 e. The van der Waals surface area contributed by atoms with Crippen molar-refractivity contribution < 1.29 is 9.84 Å². The minimum absolute atomic E-state index is 0.148. The molecule has 3 nitrogen and oxygen atoms in total. The summed E-state index contributed by atoms with van der Waals surface area (Å²) in [5.74, 6) is 0.627. The molecule has 0 bridgehead atoms. The summed E-state index contributed by atoms with van der Waals surface area (Å²) in [6.07, 6.45) is 0. The summed E-state index contributed by atoms with van der Waals surface area (Å²) in [5.41, 5.74) is 1.97. The van der Waals surface area contributed by atoms with Gasteiger partial charge in [0.25, 0.3) is 0 Å². The van der Waals surface area contributed by atoms with Crippen LogP contribution in [0.25, 0.3) is 0 Å². The first-order chi connectivity index (χ1) is 9.10. The smallest absolute Gasteiger partial charge is 0.160 e. The molecule has 0 unspecified atom stereocenters. The Kier molecular flexibility index (Phi) is 4.71. The number of benzene rings is 2. The number of methoxy groups -OCH3 is 1. The number of phenolic OH excluding ortho intramolecular Hbond substituents is 1. The quantitative estimate of drug-likeness (QED) is 0.810. The normalized spacial score (nSPS) is 10.3. The lowest BCUT2D eigenvalue weighted by atomic mass is 10.2. The van der Waals surface area contributed by atoms with Crippen LogP contribution >= 0.6 is 31.9 Å². The summed E-state index contributed by atoms with van der Waals surface area (Å²) in [6.45, 7) is 0.618. The molecule has 0 heterocycles. The monoisotopic (exact) mass is 385 g/mol. The van der Waals surface area contributed by atoms with Crippen LogP contribution in [-0.4, -0.2) is 12.2 Å². The fourth-order valence-corrected chi connectivity index (χ4v) is 2.42. The molecular formula is C14H13Br2NO2. The van der Waals surface area contributed by atoms with Gasteiger partial charge < -0.3 is 15.2 Å². The highest BCUT2D eigenvalue weighted by atomic mass is 79.9. The minimum Gasteiger partial charge on any atom is -0.504 e. The molecule has 0 saturated heterocycles. The number of nitrogens with one attached hydrogen (secondary N) is 1. The number of hydrogen-bond acceptors (Lipinski definition) is 3. The van der Waals surface area contributed by atoms with E-state index in [-0.39, 0.29) is 5.75 Å². The van der Waals surface area contributed by atoms with Gasteiger partial charge in [0.15, 0.2) is 11.5 Å². The molecule has 2 rings (SSSR count). The summed E-state index contributed by atoms with van der Waals surface area (Å²) in [5, 5.41) is 13.0. The molecule has 0 radical (unpaired) electrons. The van der Waals surface area contributed by atoms with Crippen LogP contribution in [0.15, 0.2) is 45.3 Å². The fourth-order valence-electron chi connectivity index (χ4n) is 1.68. The van der Waals surface area contributed by atoms with Crippen LogP contribution in [-0.2, 0) is 6.54 Å². The SMILES string of the molecule is COc1ccc(CNc2cc(Br)ccc2Br)cc1O. The first-order valence-electron chi connectivity index (χ1n) is 5.65. The van der Waals surface area contributed by atoms with Crippen LogP contribution in [0.5, 0.6) is 11.5 Å². The molecule has 2 aromatic carbocycles. The number of ether oxygens (including phenoxy) is 1. The second-order valence-electron chi connectivity index (χ2n) is 3.98. The van der Waals surface area contributed by atoms with Gasteiger partial charge in [-0.25, -0.2) is 0 Å². The number of aromatic hydroxyl groups is 1. The molecule has 2 aromatic rings. The van der Waals surface area contributed by atoms with Crippen molar-refractivity contribution in [3.63, 3.8) is 0 Å². The molecule has 0 aliphatic heterocycles. The van der Waals surface area contributed by atoms with Gasteiger partial charge in [-0.2, -0.15) is 0 Å². The van der Waals surface area contributed by atoms with Gasteiger partial charge in [-0.15, -0.1) is 0 Å². The van der Waals surface area contributed by atoms with Gasteiger partial charge >= 0.3 is 0 Å². The van der Waals surface area contributed by atoms with E-state index in [1.54, 1.807) is 12.1 Å². The van der Waals surface area contributed by atoms with E-state index < -0.39 is 0 Å². The van der Waals surface area contributed by atoms with E-state index in [1.165, 1.54) is 7.11 Å². The zero-order valence-corrected chi connectivity index (χ0v) is 13.5. The molecule has 0 aromatic heterocycles. The van der Waals surface area contributed by atoms with E-state index in [1.807, 2.05) is 24.3 Å². The van der Waals surface area contributed by atoms with Crippen LogP contribution in [0.3, 0.4) is 0 Å². The molecule has 0 aliphatic rings. The number of rotatable bonds is 4. The lowest BCUT2D eigenvalue weighted by Gasteiger charge is -2.10. The van der Waals surface area contributed by atoms with Crippen LogP contribution in [0.1, 0.15) is 5.56 Å². The summed E-state index contributed by atoms with van der Waals surface area (Å²) >= 11 is 6.92. The Bertz CT molecular complexity index is 588. The van der Waals surface area contributed by atoms with Crippen LogP contribution < -0.4 is 10.1 Å². The predicted molar refractivity (Wildman–Crippen MR) is 83.8 cm³/mol. The zero-order chi connectivity index (χ0) is 13.8. The maximum Gasteiger partial charge on any atom is 0.160 e. The number of anilines is 1. The van der Waals surface area contributed by atoms with Crippen molar-refractivity contribution in [1.82, 2.24) is 0 Å². The standard InChI is InChI=1S/C14H13Br2NO2/c1-19-14-5-2-9(6-13(14)18)8-17-12-7-10(15)3-4-11(12)16/h2-7,17-18H,8H2,1H3. The van der Waals surface area contributed by atoms with Gasteiger partial charge in [0.1, 0.15) is 0 Å².